The molecule has 0 saturated heterocycles. The maximum absolute atomic E-state index is 13.5. The van der Waals surface area contributed by atoms with Gasteiger partial charge in [-0.3, -0.25) is 4.79 Å². The van der Waals surface area contributed by atoms with Crippen molar-refractivity contribution >= 4 is 5.91 Å². The summed E-state index contributed by atoms with van der Waals surface area (Å²) in [6.45, 7) is -2.95. The first-order valence-corrected chi connectivity index (χ1v) is 7.16. The van der Waals surface area contributed by atoms with Crippen molar-refractivity contribution in [2.24, 2.45) is 0 Å². The second-order valence-corrected chi connectivity index (χ2v) is 4.81. The highest BCUT2D eigenvalue weighted by Crippen LogP contribution is 2.32. The van der Waals surface area contributed by atoms with Crippen molar-refractivity contribution in [2.75, 3.05) is 13.7 Å². The predicted molar refractivity (Wildman–Crippen MR) is 82.1 cm³/mol. The molecule has 0 bridgehead atoms. The summed E-state index contributed by atoms with van der Waals surface area (Å²) in [5.41, 5.74) is 0.371. The summed E-state index contributed by atoms with van der Waals surface area (Å²) >= 11 is 0. The van der Waals surface area contributed by atoms with E-state index in [9.17, 15) is 18.0 Å². The number of amides is 1. The van der Waals surface area contributed by atoms with Crippen LogP contribution in [0.25, 0.3) is 0 Å². The highest BCUT2D eigenvalue weighted by molar-refractivity contribution is 5.97. The van der Waals surface area contributed by atoms with Gasteiger partial charge in [0.15, 0.2) is 11.5 Å². The number of para-hydroxylation sites is 1. The molecule has 0 spiro atoms. The normalized spacial score (nSPS) is 10.5. The van der Waals surface area contributed by atoms with Gasteiger partial charge in [-0.1, -0.05) is 24.3 Å². The maximum atomic E-state index is 13.5. The number of methoxy groups -OCH3 is 1. The lowest BCUT2D eigenvalue weighted by molar-refractivity contribution is -0.0515. The van der Waals surface area contributed by atoms with E-state index in [1.165, 1.54) is 31.4 Å². The van der Waals surface area contributed by atoms with Crippen LogP contribution in [0.4, 0.5) is 13.2 Å². The van der Waals surface area contributed by atoms with Crippen LogP contribution in [0.2, 0.25) is 0 Å². The van der Waals surface area contributed by atoms with Gasteiger partial charge in [0.25, 0.3) is 5.91 Å². The Morgan fingerprint density at radius 3 is 2.58 bits per heavy atom. The van der Waals surface area contributed by atoms with Gasteiger partial charge in [0, 0.05) is 6.54 Å². The van der Waals surface area contributed by atoms with Crippen molar-refractivity contribution in [3.63, 3.8) is 0 Å². The smallest absolute Gasteiger partial charge is 0.387 e. The molecule has 0 unspecified atom stereocenters. The van der Waals surface area contributed by atoms with Crippen molar-refractivity contribution in [3.05, 3.63) is 59.4 Å². The monoisotopic (exact) mass is 339 g/mol. The van der Waals surface area contributed by atoms with Crippen LogP contribution in [-0.2, 0) is 6.42 Å². The van der Waals surface area contributed by atoms with Gasteiger partial charge in [0.2, 0.25) is 0 Å². The van der Waals surface area contributed by atoms with Gasteiger partial charge in [0.1, 0.15) is 5.82 Å². The summed E-state index contributed by atoms with van der Waals surface area (Å²) in [7, 11) is 1.29. The van der Waals surface area contributed by atoms with E-state index in [1.807, 2.05) is 0 Å². The largest absolute Gasteiger partial charge is 0.493 e. The van der Waals surface area contributed by atoms with Crippen LogP contribution in [0.5, 0.6) is 11.5 Å². The Kier molecular flexibility index (Phi) is 6.06. The third-order valence-corrected chi connectivity index (χ3v) is 3.29. The molecule has 2 rings (SSSR count). The number of ether oxygens (including phenoxy) is 2. The van der Waals surface area contributed by atoms with Crippen molar-refractivity contribution in [1.82, 2.24) is 5.32 Å². The van der Waals surface area contributed by atoms with E-state index in [2.05, 4.69) is 10.1 Å². The van der Waals surface area contributed by atoms with E-state index >= 15 is 0 Å². The lowest BCUT2D eigenvalue weighted by Crippen LogP contribution is -2.26. The number of benzene rings is 2. The van der Waals surface area contributed by atoms with Gasteiger partial charge in [-0.15, -0.1) is 0 Å². The summed E-state index contributed by atoms with van der Waals surface area (Å²) in [6, 6.07) is 10.4. The summed E-state index contributed by atoms with van der Waals surface area (Å²) in [5.74, 6) is -1.29. The van der Waals surface area contributed by atoms with Crippen LogP contribution in [0.1, 0.15) is 15.9 Å². The Morgan fingerprint density at radius 2 is 1.92 bits per heavy atom. The van der Waals surface area contributed by atoms with Gasteiger partial charge < -0.3 is 14.8 Å². The van der Waals surface area contributed by atoms with Crippen molar-refractivity contribution in [2.45, 2.75) is 13.0 Å². The zero-order valence-corrected chi connectivity index (χ0v) is 12.9. The second-order valence-electron chi connectivity index (χ2n) is 4.81. The predicted octanol–water partition coefficient (Wildman–Crippen LogP) is 3.41. The van der Waals surface area contributed by atoms with E-state index in [1.54, 1.807) is 18.2 Å². The van der Waals surface area contributed by atoms with Crippen LogP contribution in [0.3, 0.4) is 0 Å². The zero-order chi connectivity index (χ0) is 17.5. The summed E-state index contributed by atoms with van der Waals surface area (Å²) in [5, 5.41) is 2.55. The number of alkyl halides is 2. The molecule has 128 valence electrons. The number of hydrogen-bond acceptors (Lipinski definition) is 3. The Hall–Kier alpha value is -2.70. The van der Waals surface area contributed by atoms with Crippen molar-refractivity contribution in [3.8, 4) is 11.5 Å². The second kappa shape index (κ2) is 8.24. The molecule has 0 aliphatic heterocycles. The SMILES string of the molecule is COc1cccc(C(=O)NCCc2ccccc2F)c1OC(F)F. The number of halogens is 3. The van der Waals surface area contributed by atoms with E-state index in [0.717, 1.165) is 0 Å². The first-order valence-electron chi connectivity index (χ1n) is 7.16. The molecule has 0 radical (unpaired) electrons. The molecule has 0 aliphatic carbocycles. The lowest BCUT2D eigenvalue weighted by Gasteiger charge is -2.14. The Labute approximate surface area is 137 Å². The first-order chi connectivity index (χ1) is 11.5. The quantitative estimate of drug-likeness (QED) is 0.841. The summed E-state index contributed by atoms with van der Waals surface area (Å²) < 4.78 is 47.9. The molecule has 0 fully saturated rings. The number of carbonyl (C=O) groups is 1. The molecule has 0 aliphatic rings. The lowest BCUT2D eigenvalue weighted by atomic mass is 10.1. The Balaban J connectivity index is 2.08. The van der Waals surface area contributed by atoms with Crippen LogP contribution >= 0.6 is 0 Å². The van der Waals surface area contributed by atoms with Crippen LogP contribution in [0, 0.1) is 5.82 Å². The fourth-order valence-corrected chi connectivity index (χ4v) is 2.17. The van der Waals surface area contributed by atoms with E-state index in [4.69, 9.17) is 4.74 Å². The molecule has 2 aromatic carbocycles. The molecular formula is C17H16F3NO3. The van der Waals surface area contributed by atoms with E-state index in [-0.39, 0.29) is 35.8 Å². The molecule has 1 N–H and O–H groups in total. The number of nitrogens with one attached hydrogen (secondary N) is 1. The number of carbonyl (C=O) groups excluding carboxylic acids is 1. The maximum Gasteiger partial charge on any atom is 0.387 e. The number of hydrogen-bond donors (Lipinski definition) is 1. The fraction of sp³-hybridized carbons (Fsp3) is 0.235. The van der Waals surface area contributed by atoms with Crippen LogP contribution in [-0.4, -0.2) is 26.2 Å². The average Bonchev–Trinajstić information content (AvgIpc) is 2.56. The molecule has 1 amide bonds. The Morgan fingerprint density at radius 1 is 1.17 bits per heavy atom. The zero-order valence-electron chi connectivity index (χ0n) is 12.9. The molecule has 4 nitrogen and oxygen atoms in total. The highest BCUT2D eigenvalue weighted by atomic mass is 19.3. The molecule has 0 atom stereocenters. The van der Waals surface area contributed by atoms with Gasteiger partial charge in [0.05, 0.1) is 12.7 Å². The molecule has 0 saturated carbocycles. The number of rotatable bonds is 7. The highest BCUT2D eigenvalue weighted by Gasteiger charge is 2.20. The van der Waals surface area contributed by atoms with Crippen molar-refractivity contribution in [1.29, 1.82) is 0 Å². The van der Waals surface area contributed by atoms with E-state index < -0.39 is 12.5 Å². The molecule has 7 heteroatoms. The minimum atomic E-state index is -3.09. The first kappa shape index (κ1) is 17.7. The van der Waals surface area contributed by atoms with Crippen molar-refractivity contribution < 1.29 is 27.4 Å². The molecule has 0 aromatic heterocycles. The van der Waals surface area contributed by atoms with Gasteiger partial charge in [-0.2, -0.15) is 8.78 Å². The summed E-state index contributed by atoms with van der Waals surface area (Å²) in [6.07, 6.45) is 0.271. The van der Waals surface area contributed by atoms with Crippen LogP contribution < -0.4 is 14.8 Å². The van der Waals surface area contributed by atoms with Gasteiger partial charge in [-0.05, 0) is 30.2 Å². The molecule has 24 heavy (non-hydrogen) atoms. The third kappa shape index (κ3) is 4.41. The van der Waals surface area contributed by atoms with Gasteiger partial charge in [-0.25, -0.2) is 4.39 Å². The van der Waals surface area contributed by atoms with E-state index in [0.29, 0.717) is 5.56 Å². The molecule has 0 heterocycles. The average molecular weight is 339 g/mol. The van der Waals surface area contributed by atoms with Gasteiger partial charge >= 0.3 is 6.61 Å². The Bertz CT molecular complexity index is 707. The summed E-state index contributed by atoms with van der Waals surface area (Å²) in [4.78, 5) is 12.2. The standard InChI is InChI=1S/C17H16F3NO3/c1-23-14-8-4-6-12(15(14)24-17(19)20)16(22)21-10-9-11-5-2-3-7-13(11)18/h2-8,17H,9-10H2,1H3,(H,21,22). The molecular weight excluding hydrogens is 323 g/mol. The minimum absolute atomic E-state index is 0.0250. The third-order valence-electron chi connectivity index (χ3n) is 3.29. The van der Waals surface area contributed by atoms with Crippen LogP contribution in [0.15, 0.2) is 42.5 Å². The topological polar surface area (TPSA) is 47.6 Å². The molecule has 2 aromatic rings. The fourth-order valence-electron chi connectivity index (χ4n) is 2.17. The minimum Gasteiger partial charge on any atom is -0.493 e.